The predicted octanol–water partition coefficient (Wildman–Crippen LogP) is 2.61. The quantitative estimate of drug-likeness (QED) is 0.885. The van der Waals surface area contributed by atoms with Crippen molar-refractivity contribution in [3.63, 3.8) is 0 Å². The summed E-state index contributed by atoms with van der Waals surface area (Å²) in [6.45, 7) is 7.04. The third-order valence-corrected chi connectivity index (χ3v) is 3.61. The SMILES string of the molecule is CCCCN1C(=O)C(C)NC1c1ccccc1C. The summed E-state index contributed by atoms with van der Waals surface area (Å²) in [4.78, 5) is 14.2. The number of unbranched alkanes of at least 4 members (excludes halogenated alkanes) is 1. The fraction of sp³-hybridized carbons (Fsp3) is 0.533. The second-order valence-electron chi connectivity index (χ2n) is 5.03. The van der Waals surface area contributed by atoms with Gasteiger partial charge in [0.1, 0.15) is 6.17 Å². The van der Waals surface area contributed by atoms with Gasteiger partial charge in [-0.25, -0.2) is 0 Å². The summed E-state index contributed by atoms with van der Waals surface area (Å²) in [7, 11) is 0. The molecular formula is C15H22N2O. The van der Waals surface area contributed by atoms with Crippen molar-refractivity contribution in [1.29, 1.82) is 0 Å². The second-order valence-corrected chi connectivity index (χ2v) is 5.03. The first-order valence-corrected chi connectivity index (χ1v) is 6.77. The third-order valence-electron chi connectivity index (χ3n) is 3.61. The Labute approximate surface area is 109 Å². The van der Waals surface area contributed by atoms with Gasteiger partial charge in [0.2, 0.25) is 5.91 Å². The largest absolute Gasteiger partial charge is 0.322 e. The highest BCUT2D eigenvalue weighted by Crippen LogP contribution is 2.27. The standard InChI is InChI=1S/C15H22N2O/c1-4-5-10-17-14(16-12(3)15(17)18)13-9-7-6-8-11(13)2/h6-9,12,14,16H,4-5,10H2,1-3H3. The van der Waals surface area contributed by atoms with Crippen LogP contribution >= 0.6 is 0 Å². The topological polar surface area (TPSA) is 32.3 Å². The first kappa shape index (κ1) is 13.1. The number of carbonyl (C=O) groups excluding carboxylic acids is 1. The molecule has 1 aliphatic heterocycles. The highest BCUT2D eigenvalue weighted by atomic mass is 16.2. The zero-order chi connectivity index (χ0) is 13.1. The molecule has 0 bridgehead atoms. The van der Waals surface area contributed by atoms with Crippen molar-refractivity contribution < 1.29 is 4.79 Å². The Morgan fingerprint density at radius 1 is 1.33 bits per heavy atom. The van der Waals surface area contributed by atoms with Crippen LogP contribution in [-0.2, 0) is 4.79 Å². The molecule has 1 heterocycles. The van der Waals surface area contributed by atoms with Crippen LogP contribution in [0.5, 0.6) is 0 Å². The fourth-order valence-electron chi connectivity index (χ4n) is 2.49. The lowest BCUT2D eigenvalue weighted by molar-refractivity contribution is -0.129. The summed E-state index contributed by atoms with van der Waals surface area (Å²) in [6, 6.07) is 8.21. The van der Waals surface area contributed by atoms with Crippen LogP contribution in [0.3, 0.4) is 0 Å². The second kappa shape index (κ2) is 5.53. The number of carbonyl (C=O) groups is 1. The normalized spacial score (nSPS) is 23.7. The number of hydrogen-bond acceptors (Lipinski definition) is 2. The summed E-state index contributed by atoms with van der Waals surface area (Å²) >= 11 is 0. The molecule has 98 valence electrons. The number of rotatable bonds is 4. The minimum Gasteiger partial charge on any atom is -0.322 e. The van der Waals surface area contributed by atoms with Crippen molar-refractivity contribution in [2.75, 3.05) is 6.54 Å². The van der Waals surface area contributed by atoms with Gasteiger partial charge in [-0.3, -0.25) is 10.1 Å². The highest BCUT2D eigenvalue weighted by molar-refractivity contribution is 5.84. The molecule has 0 saturated carbocycles. The lowest BCUT2D eigenvalue weighted by Gasteiger charge is -2.25. The summed E-state index contributed by atoms with van der Waals surface area (Å²) in [6.07, 6.45) is 2.21. The number of amides is 1. The van der Waals surface area contributed by atoms with E-state index in [9.17, 15) is 4.79 Å². The summed E-state index contributed by atoms with van der Waals surface area (Å²) in [5, 5.41) is 3.40. The molecule has 1 amide bonds. The lowest BCUT2D eigenvalue weighted by Crippen LogP contribution is -2.31. The first-order valence-electron chi connectivity index (χ1n) is 6.77. The van der Waals surface area contributed by atoms with Crippen LogP contribution in [-0.4, -0.2) is 23.4 Å². The average molecular weight is 246 g/mol. The van der Waals surface area contributed by atoms with Crippen molar-refractivity contribution in [1.82, 2.24) is 10.2 Å². The Balaban J connectivity index is 2.25. The number of aryl methyl sites for hydroxylation is 1. The number of nitrogens with zero attached hydrogens (tertiary/aromatic N) is 1. The smallest absolute Gasteiger partial charge is 0.241 e. The molecule has 1 fully saturated rings. The maximum atomic E-state index is 12.2. The van der Waals surface area contributed by atoms with Gasteiger partial charge in [0, 0.05) is 6.54 Å². The van der Waals surface area contributed by atoms with E-state index >= 15 is 0 Å². The fourth-order valence-corrected chi connectivity index (χ4v) is 2.49. The molecule has 2 unspecified atom stereocenters. The van der Waals surface area contributed by atoms with E-state index in [0.717, 1.165) is 19.4 Å². The molecule has 0 spiro atoms. The number of hydrogen-bond donors (Lipinski definition) is 1. The molecule has 1 aromatic rings. The maximum Gasteiger partial charge on any atom is 0.241 e. The van der Waals surface area contributed by atoms with Crippen molar-refractivity contribution in [3.8, 4) is 0 Å². The molecule has 1 aliphatic rings. The molecular weight excluding hydrogens is 224 g/mol. The van der Waals surface area contributed by atoms with E-state index in [2.05, 4.69) is 31.3 Å². The zero-order valence-electron chi connectivity index (χ0n) is 11.4. The van der Waals surface area contributed by atoms with Crippen LogP contribution in [0.2, 0.25) is 0 Å². The molecule has 18 heavy (non-hydrogen) atoms. The van der Waals surface area contributed by atoms with Gasteiger partial charge >= 0.3 is 0 Å². The van der Waals surface area contributed by atoms with E-state index < -0.39 is 0 Å². The van der Waals surface area contributed by atoms with Crippen LogP contribution in [0, 0.1) is 6.92 Å². The molecule has 0 aliphatic carbocycles. The van der Waals surface area contributed by atoms with Crippen molar-refractivity contribution in [2.45, 2.75) is 45.8 Å². The molecule has 3 nitrogen and oxygen atoms in total. The Morgan fingerprint density at radius 3 is 2.72 bits per heavy atom. The molecule has 2 atom stereocenters. The molecule has 1 saturated heterocycles. The van der Waals surface area contributed by atoms with Gasteiger partial charge in [-0.15, -0.1) is 0 Å². The lowest BCUT2D eigenvalue weighted by atomic mass is 10.1. The molecule has 1 aromatic carbocycles. The van der Waals surface area contributed by atoms with E-state index in [0.29, 0.717) is 0 Å². The van der Waals surface area contributed by atoms with E-state index in [-0.39, 0.29) is 18.1 Å². The average Bonchev–Trinajstić information content (AvgIpc) is 2.64. The molecule has 0 radical (unpaired) electrons. The first-order chi connectivity index (χ1) is 8.65. The van der Waals surface area contributed by atoms with Crippen molar-refractivity contribution >= 4 is 5.91 Å². The maximum absolute atomic E-state index is 12.2. The van der Waals surface area contributed by atoms with Gasteiger partial charge < -0.3 is 4.90 Å². The summed E-state index contributed by atoms with van der Waals surface area (Å²) in [5.41, 5.74) is 2.45. The summed E-state index contributed by atoms with van der Waals surface area (Å²) < 4.78 is 0. The van der Waals surface area contributed by atoms with Gasteiger partial charge in [0.05, 0.1) is 6.04 Å². The summed E-state index contributed by atoms with van der Waals surface area (Å²) in [5.74, 6) is 0.219. The van der Waals surface area contributed by atoms with Crippen molar-refractivity contribution in [3.05, 3.63) is 35.4 Å². The molecule has 1 N–H and O–H groups in total. The van der Waals surface area contributed by atoms with Crippen LogP contribution in [0.15, 0.2) is 24.3 Å². The number of nitrogens with one attached hydrogen (secondary N) is 1. The third kappa shape index (κ3) is 2.41. The van der Waals surface area contributed by atoms with Crippen molar-refractivity contribution in [2.24, 2.45) is 0 Å². The zero-order valence-corrected chi connectivity index (χ0v) is 11.4. The molecule has 3 heteroatoms. The van der Waals surface area contributed by atoms with Crippen LogP contribution in [0.25, 0.3) is 0 Å². The van der Waals surface area contributed by atoms with Crippen LogP contribution < -0.4 is 5.32 Å². The predicted molar refractivity (Wildman–Crippen MR) is 73.1 cm³/mol. The van der Waals surface area contributed by atoms with Gasteiger partial charge in [-0.2, -0.15) is 0 Å². The monoisotopic (exact) mass is 246 g/mol. The van der Waals surface area contributed by atoms with E-state index in [1.54, 1.807) is 0 Å². The molecule has 2 rings (SSSR count). The minimum atomic E-state index is -0.0773. The Bertz CT molecular complexity index is 430. The van der Waals surface area contributed by atoms with Crippen LogP contribution in [0.1, 0.15) is 44.0 Å². The van der Waals surface area contributed by atoms with E-state index in [4.69, 9.17) is 0 Å². The van der Waals surface area contributed by atoms with E-state index in [1.165, 1.54) is 11.1 Å². The van der Waals surface area contributed by atoms with Gasteiger partial charge in [-0.05, 0) is 31.4 Å². The highest BCUT2D eigenvalue weighted by Gasteiger charge is 2.36. The number of benzene rings is 1. The van der Waals surface area contributed by atoms with Gasteiger partial charge in [-0.1, -0.05) is 37.6 Å². The van der Waals surface area contributed by atoms with Gasteiger partial charge in [0.25, 0.3) is 0 Å². The van der Waals surface area contributed by atoms with Gasteiger partial charge in [0.15, 0.2) is 0 Å². The van der Waals surface area contributed by atoms with Crippen LogP contribution in [0.4, 0.5) is 0 Å². The van der Waals surface area contributed by atoms with E-state index in [1.807, 2.05) is 24.0 Å². The Morgan fingerprint density at radius 2 is 2.06 bits per heavy atom. The Hall–Kier alpha value is -1.35. The Kier molecular flexibility index (Phi) is 4.02. The molecule has 0 aromatic heterocycles. The minimum absolute atomic E-state index is 0.0419.